The first-order chi connectivity index (χ1) is 21.8. The number of amides is 1. The molecule has 1 aliphatic heterocycles. The van der Waals surface area contributed by atoms with Crippen LogP contribution in [0.5, 0.6) is 0 Å². The molecular formula is C33H33F2N7O3. The van der Waals surface area contributed by atoms with Gasteiger partial charge in [-0.2, -0.15) is 0 Å². The number of hydrogen-bond donors (Lipinski definition) is 2. The summed E-state index contributed by atoms with van der Waals surface area (Å²) < 4.78 is 26.5. The summed E-state index contributed by atoms with van der Waals surface area (Å²) in [4.78, 5) is 35.9. The third kappa shape index (κ3) is 6.51. The number of fused-ring (bicyclic) bond motifs is 3. The Morgan fingerprint density at radius 2 is 1.69 bits per heavy atom. The van der Waals surface area contributed by atoms with E-state index >= 15 is 0 Å². The van der Waals surface area contributed by atoms with Crippen molar-refractivity contribution in [1.82, 2.24) is 25.1 Å². The molecule has 1 fully saturated rings. The van der Waals surface area contributed by atoms with E-state index in [4.69, 9.17) is 5.73 Å². The predicted octanol–water partition coefficient (Wildman–Crippen LogP) is 4.36. The van der Waals surface area contributed by atoms with Crippen molar-refractivity contribution in [2.75, 3.05) is 37.6 Å². The van der Waals surface area contributed by atoms with Gasteiger partial charge in [-0.3, -0.25) is 14.5 Å². The number of pyridine rings is 1. The molecule has 0 radical (unpaired) electrons. The number of aromatic nitrogens is 4. The molecule has 45 heavy (non-hydrogen) atoms. The molecule has 7 rings (SSSR count). The number of halogens is 2. The number of allylic oxidation sites excluding steroid dienone is 1. The summed E-state index contributed by atoms with van der Waals surface area (Å²) in [5.74, 6) is -3.23. The zero-order chi connectivity index (χ0) is 31.5. The van der Waals surface area contributed by atoms with Crippen molar-refractivity contribution in [1.29, 1.82) is 0 Å². The maximum atomic E-state index is 13.4. The lowest BCUT2D eigenvalue weighted by Gasteiger charge is -2.34. The molecule has 12 heteroatoms. The van der Waals surface area contributed by atoms with E-state index in [1.165, 1.54) is 6.07 Å². The molecule has 2 aliphatic carbocycles. The number of aliphatic carboxylic acids is 1. The molecule has 4 aromatic rings. The topological polar surface area (TPSA) is 138 Å². The second-order valence-corrected chi connectivity index (χ2v) is 11.4. The molecule has 1 atom stereocenters. The van der Waals surface area contributed by atoms with Crippen LogP contribution in [0.4, 0.5) is 14.7 Å². The molecule has 1 unspecified atom stereocenters. The fourth-order valence-corrected chi connectivity index (χ4v) is 6.19. The summed E-state index contributed by atoms with van der Waals surface area (Å²) in [6.45, 7) is 3.70. The molecule has 3 heterocycles. The number of para-hydroxylation sites is 1. The average molecular weight is 614 g/mol. The van der Waals surface area contributed by atoms with Gasteiger partial charge >= 0.3 is 5.97 Å². The molecule has 0 bridgehead atoms. The molecule has 0 spiro atoms. The number of nitrogens with zero attached hydrogens (tertiary/aromatic N) is 6. The maximum absolute atomic E-state index is 13.4. The number of carboxylic acid groups (broad SMARTS) is 1. The van der Waals surface area contributed by atoms with Gasteiger partial charge in [0.05, 0.1) is 11.2 Å². The van der Waals surface area contributed by atoms with E-state index in [2.05, 4.69) is 25.1 Å². The van der Waals surface area contributed by atoms with Gasteiger partial charge in [0.1, 0.15) is 17.3 Å². The fraction of sp³-hybridized carbons (Fsp3) is 0.333. The molecule has 3 aliphatic rings. The Morgan fingerprint density at radius 1 is 0.911 bits per heavy atom. The highest BCUT2D eigenvalue weighted by atomic mass is 19.2. The smallest absolute Gasteiger partial charge is 0.316 e. The predicted molar refractivity (Wildman–Crippen MR) is 165 cm³/mol. The highest BCUT2D eigenvalue weighted by Gasteiger charge is 2.40. The van der Waals surface area contributed by atoms with Crippen LogP contribution in [0, 0.1) is 11.6 Å². The van der Waals surface area contributed by atoms with Crippen molar-refractivity contribution in [3.8, 4) is 0 Å². The van der Waals surface area contributed by atoms with Crippen LogP contribution in [0.15, 0.2) is 60.2 Å². The Hall–Kier alpha value is -4.84. The Bertz CT molecular complexity index is 1790. The van der Waals surface area contributed by atoms with Crippen LogP contribution < -0.4 is 10.6 Å². The lowest BCUT2D eigenvalue weighted by Crippen LogP contribution is -2.47. The van der Waals surface area contributed by atoms with Gasteiger partial charge in [-0.15, -0.1) is 10.2 Å². The summed E-state index contributed by atoms with van der Waals surface area (Å²) >= 11 is 0. The molecule has 1 saturated heterocycles. The Balaban J connectivity index is 0.000000229. The van der Waals surface area contributed by atoms with Crippen LogP contribution in [0.1, 0.15) is 59.0 Å². The van der Waals surface area contributed by atoms with E-state index in [1.54, 1.807) is 12.1 Å². The number of primary amides is 1. The third-order valence-corrected chi connectivity index (χ3v) is 8.57. The lowest BCUT2D eigenvalue weighted by atomic mass is 9.88. The van der Waals surface area contributed by atoms with Crippen molar-refractivity contribution < 1.29 is 23.5 Å². The standard InChI is InChI=1S/C23H25F2N5O2.C10H8N2O/c24-17-6-5-14(13-18(17)25)7-8-29-9-11-30(12-10-29)23-26-21-19(22(31)32)15-3-1-2-4-16(15)20(21)27-28-23;11-10(13)9-6-5-7-3-1-2-4-8(7)12-9/h5-6,13,19H,1-4,7-12H2,(H,31,32);1-6H,(H2,11,13). The zero-order valence-corrected chi connectivity index (χ0v) is 24.6. The zero-order valence-electron chi connectivity index (χ0n) is 24.6. The van der Waals surface area contributed by atoms with Crippen LogP contribution in [-0.2, 0) is 11.2 Å². The minimum atomic E-state index is -0.869. The van der Waals surface area contributed by atoms with Gasteiger partial charge in [0.25, 0.3) is 5.91 Å². The first-order valence-electron chi connectivity index (χ1n) is 15.0. The number of carbonyl (C=O) groups excluding carboxylic acids is 1. The summed E-state index contributed by atoms with van der Waals surface area (Å²) in [6, 6.07) is 15.1. The molecule has 1 amide bonds. The van der Waals surface area contributed by atoms with E-state index in [0.29, 0.717) is 42.5 Å². The normalized spacial score (nSPS) is 17.8. The largest absolute Gasteiger partial charge is 0.480 e. The minimum absolute atomic E-state index is 0.304. The number of anilines is 1. The third-order valence-electron chi connectivity index (χ3n) is 8.57. The number of carbonyl (C=O) groups is 2. The van der Waals surface area contributed by atoms with Crippen molar-refractivity contribution in [3.63, 3.8) is 0 Å². The van der Waals surface area contributed by atoms with Gasteiger partial charge in [-0.25, -0.2) is 18.7 Å². The van der Waals surface area contributed by atoms with Crippen LogP contribution in [-0.4, -0.2) is 74.8 Å². The summed E-state index contributed by atoms with van der Waals surface area (Å²) in [6.07, 6.45) is 4.32. The Kier molecular flexibility index (Phi) is 8.74. The van der Waals surface area contributed by atoms with Crippen molar-refractivity contribution in [2.45, 2.75) is 38.0 Å². The van der Waals surface area contributed by atoms with Gasteiger partial charge in [0, 0.05) is 38.1 Å². The SMILES string of the molecule is NC(=O)c1ccc2ccccc2n1.O=C(O)C1C2=C(CCCC2)c2nnc(N3CCN(CCc4ccc(F)c(F)c4)CC3)nc21. The molecular weight excluding hydrogens is 580 g/mol. The average Bonchev–Trinajstić information content (AvgIpc) is 3.39. The fourth-order valence-electron chi connectivity index (χ4n) is 6.19. The second kappa shape index (κ2) is 13.0. The van der Waals surface area contributed by atoms with E-state index in [1.807, 2.05) is 35.2 Å². The van der Waals surface area contributed by atoms with E-state index in [-0.39, 0.29) is 0 Å². The number of piperazine rings is 1. The van der Waals surface area contributed by atoms with Crippen LogP contribution in [0.25, 0.3) is 16.5 Å². The van der Waals surface area contributed by atoms with E-state index in [0.717, 1.165) is 79.0 Å². The van der Waals surface area contributed by atoms with Crippen LogP contribution in [0.3, 0.4) is 0 Å². The molecule has 10 nitrogen and oxygen atoms in total. The van der Waals surface area contributed by atoms with Crippen molar-refractivity contribution in [2.24, 2.45) is 5.73 Å². The first kappa shape index (κ1) is 30.2. The summed E-state index contributed by atoms with van der Waals surface area (Å²) in [5, 5.41) is 19.6. The van der Waals surface area contributed by atoms with Gasteiger partial charge in [-0.05, 0) is 73.1 Å². The van der Waals surface area contributed by atoms with Crippen LogP contribution >= 0.6 is 0 Å². The highest BCUT2D eigenvalue weighted by Crippen LogP contribution is 2.47. The van der Waals surface area contributed by atoms with Crippen molar-refractivity contribution in [3.05, 3.63) is 94.5 Å². The highest BCUT2D eigenvalue weighted by molar-refractivity contribution is 5.93. The monoisotopic (exact) mass is 613 g/mol. The van der Waals surface area contributed by atoms with Gasteiger partial charge in [-0.1, -0.05) is 30.3 Å². The lowest BCUT2D eigenvalue weighted by molar-refractivity contribution is -0.137. The summed E-state index contributed by atoms with van der Waals surface area (Å²) in [7, 11) is 0. The van der Waals surface area contributed by atoms with E-state index < -0.39 is 29.4 Å². The number of carboxylic acids is 1. The number of rotatable bonds is 6. The molecule has 0 saturated carbocycles. The van der Waals surface area contributed by atoms with Gasteiger partial charge in [0.15, 0.2) is 11.6 Å². The summed E-state index contributed by atoms with van der Waals surface area (Å²) in [5.41, 5.74) is 10.2. The van der Waals surface area contributed by atoms with Crippen molar-refractivity contribution >= 4 is 34.3 Å². The van der Waals surface area contributed by atoms with E-state index in [9.17, 15) is 23.5 Å². The molecule has 3 N–H and O–H groups in total. The molecule has 232 valence electrons. The minimum Gasteiger partial charge on any atom is -0.480 e. The number of hydrogen-bond acceptors (Lipinski definition) is 8. The van der Waals surface area contributed by atoms with Gasteiger partial charge < -0.3 is 15.7 Å². The maximum Gasteiger partial charge on any atom is 0.316 e. The quantitative estimate of drug-likeness (QED) is 0.325. The number of benzene rings is 2. The molecule has 2 aromatic heterocycles. The molecule has 2 aromatic carbocycles. The Morgan fingerprint density at radius 3 is 2.44 bits per heavy atom. The van der Waals surface area contributed by atoms with Gasteiger partial charge in [0.2, 0.25) is 5.95 Å². The van der Waals surface area contributed by atoms with Crippen LogP contribution in [0.2, 0.25) is 0 Å². The second-order valence-electron chi connectivity index (χ2n) is 11.4. The number of nitrogens with two attached hydrogens (primary N) is 1. The Labute approximate surface area is 258 Å². The first-order valence-corrected chi connectivity index (χ1v) is 15.0.